The maximum atomic E-state index is 15.4. The van der Waals surface area contributed by atoms with Crippen molar-refractivity contribution in [3.63, 3.8) is 0 Å². The first-order chi connectivity index (χ1) is 19.8. The summed E-state index contributed by atoms with van der Waals surface area (Å²) in [4.78, 5) is 26.0. The molecule has 0 aliphatic heterocycles. The molecule has 4 aromatic rings. The molecular weight excluding hydrogens is 519 g/mol. The van der Waals surface area contributed by atoms with E-state index in [-0.39, 0.29) is 24.0 Å². The first kappa shape index (κ1) is 28.3. The lowest BCUT2D eigenvalue weighted by Gasteiger charge is -2.39. The maximum absolute atomic E-state index is 15.4. The highest BCUT2D eigenvalue weighted by Crippen LogP contribution is 2.40. The van der Waals surface area contributed by atoms with Crippen molar-refractivity contribution in [2.45, 2.75) is 83.8 Å². The molecule has 1 aliphatic carbocycles. The summed E-state index contributed by atoms with van der Waals surface area (Å²) in [6, 6.07) is 15.9. The number of hydrogen-bond acceptors (Lipinski definition) is 5. The van der Waals surface area contributed by atoms with Gasteiger partial charge in [-0.3, -0.25) is 14.2 Å². The zero-order valence-electron chi connectivity index (χ0n) is 23.8. The second-order valence-electron chi connectivity index (χ2n) is 11.0. The average molecular weight is 555 g/mol. The molecule has 1 aliphatic rings. The second-order valence-corrected chi connectivity index (χ2v) is 11.0. The maximum Gasteiger partial charge on any atom is 0.303 e. The van der Waals surface area contributed by atoms with Crippen molar-refractivity contribution >= 4 is 11.6 Å². The highest BCUT2D eigenvalue weighted by molar-refractivity contribution is 5.71. The Morgan fingerprint density at radius 2 is 1.90 bits per heavy atom. The molecule has 0 radical (unpaired) electrons. The predicted octanol–water partition coefficient (Wildman–Crippen LogP) is 6.54. The molecule has 0 atom stereocenters. The largest absolute Gasteiger partial charge is 0.459 e. The molecule has 0 amide bonds. The normalized spacial score (nSPS) is 18.8. The number of aryl methyl sites for hydroxylation is 1. The van der Waals surface area contributed by atoms with Crippen molar-refractivity contribution in [1.82, 2.24) is 14.2 Å². The van der Waals surface area contributed by atoms with Gasteiger partial charge in [0, 0.05) is 42.1 Å². The number of rotatable bonds is 8. The van der Waals surface area contributed by atoms with Crippen molar-refractivity contribution in [3.05, 3.63) is 93.3 Å². The molecule has 5 rings (SSSR count). The summed E-state index contributed by atoms with van der Waals surface area (Å²) in [5.74, 6) is -0.711. The Morgan fingerprint density at radius 1 is 1.15 bits per heavy atom. The minimum Gasteiger partial charge on any atom is -0.459 e. The molecule has 1 fully saturated rings. The molecule has 8 heteroatoms. The van der Waals surface area contributed by atoms with E-state index in [1.807, 2.05) is 28.1 Å². The van der Waals surface area contributed by atoms with E-state index < -0.39 is 11.4 Å². The van der Waals surface area contributed by atoms with Crippen molar-refractivity contribution in [2.75, 3.05) is 0 Å². The van der Waals surface area contributed by atoms with Gasteiger partial charge in [-0.2, -0.15) is 10.4 Å². The van der Waals surface area contributed by atoms with Crippen molar-refractivity contribution in [1.29, 1.82) is 5.26 Å². The summed E-state index contributed by atoms with van der Waals surface area (Å²) in [5, 5.41) is 14.1. The summed E-state index contributed by atoms with van der Waals surface area (Å²) >= 11 is 0. The fourth-order valence-electron chi connectivity index (χ4n) is 6.34. The Balaban J connectivity index is 1.54. The fraction of sp³-hybridized carbons (Fsp3) is 0.394. The van der Waals surface area contributed by atoms with Gasteiger partial charge in [-0.1, -0.05) is 50.6 Å². The number of fused-ring (bicyclic) bond motifs is 1. The number of carbonyl (C=O) groups is 1. The van der Waals surface area contributed by atoms with Crippen LogP contribution < -0.4 is 5.56 Å². The number of benzene rings is 2. The van der Waals surface area contributed by atoms with E-state index in [4.69, 9.17) is 4.74 Å². The zero-order valence-corrected chi connectivity index (χ0v) is 23.8. The zero-order chi connectivity index (χ0) is 29.1. The van der Waals surface area contributed by atoms with Crippen LogP contribution in [0.2, 0.25) is 0 Å². The lowest BCUT2D eigenvalue weighted by atomic mass is 9.80. The van der Waals surface area contributed by atoms with Gasteiger partial charge in [-0.25, -0.2) is 8.91 Å². The van der Waals surface area contributed by atoms with Crippen molar-refractivity contribution in [2.24, 2.45) is 0 Å². The van der Waals surface area contributed by atoms with Crippen LogP contribution in [-0.4, -0.2) is 25.8 Å². The van der Waals surface area contributed by atoms with Crippen molar-refractivity contribution < 1.29 is 13.9 Å². The summed E-state index contributed by atoms with van der Waals surface area (Å²) < 4.78 is 24.9. The van der Waals surface area contributed by atoms with E-state index in [1.165, 1.54) is 13.0 Å². The van der Waals surface area contributed by atoms with Gasteiger partial charge in [0.05, 0.1) is 23.5 Å². The molecule has 7 nitrogen and oxygen atoms in total. The van der Waals surface area contributed by atoms with Crippen LogP contribution in [0.5, 0.6) is 0 Å². The standard InChI is InChI=1S/C33H35FN4O3/c1-4-8-30-28(19-23-11-12-27(29(34)20-23)26-10-7-6-9-24(26)21-35)32(40)37(31-15-18-36-38(30)31)25-13-16-33(5-2,17-14-25)41-22(3)39/h6-7,9-12,15,18,20,25H,4-5,8,13-14,16-17,19H2,1-3H3. The Kier molecular flexibility index (Phi) is 8.07. The van der Waals surface area contributed by atoms with Gasteiger partial charge in [-0.05, 0) is 56.2 Å². The Hall–Kier alpha value is -4.25. The Morgan fingerprint density at radius 3 is 2.56 bits per heavy atom. The second kappa shape index (κ2) is 11.7. The quantitative estimate of drug-likeness (QED) is 0.231. The summed E-state index contributed by atoms with van der Waals surface area (Å²) in [5.41, 5.74) is 3.61. The molecule has 2 aromatic heterocycles. The number of halogens is 1. The van der Waals surface area contributed by atoms with Gasteiger partial charge in [-0.15, -0.1) is 0 Å². The number of carbonyl (C=O) groups excluding carboxylic acids is 1. The molecule has 1 saturated carbocycles. The van der Waals surface area contributed by atoms with Crippen LogP contribution in [0, 0.1) is 17.1 Å². The molecule has 0 N–H and O–H groups in total. The lowest BCUT2D eigenvalue weighted by molar-refractivity contribution is -0.161. The van der Waals surface area contributed by atoms with Gasteiger partial charge >= 0.3 is 5.97 Å². The molecule has 2 aromatic carbocycles. The monoisotopic (exact) mass is 554 g/mol. The first-order valence-electron chi connectivity index (χ1n) is 14.4. The topological polar surface area (TPSA) is 89.4 Å². The van der Waals surface area contributed by atoms with Crippen LogP contribution in [0.3, 0.4) is 0 Å². The van der Waals surface area contributed by atoms with Gasteiger partial charge in [0.1, 0.15) is 17.1 Å². The van der Waals surface area contributed by atoms with E-state index in [9.17, 15) is 14.9 Å². The molecule has 0 bridgehead atoms. The minimum absolute atomic E-state index is 0.0621. The van der Waals surface area contributed by atoms with E-state index in [1.54, 1.807) is 36.5 Å². The van der Waals surface area contributed by atoms with E-state index in [2.05, 4.69) is 18.1 Å². The van der Waals surface area contributed by atoms with E-state index in [0.717, 1.165) is 24.2 Å². The van der Waals surface area contributed by atoms with Gasteiger partial charge in [0.15, 0.2) is 0 Å². The number of aromatic nitrogens is 3. The molecule has 0 spiro atoms. The first-order valence-corrected chi connectivity index (χ1v) is 14.4. The summed E-state index contributed by atoms with van der Waals surface area (Å²) in [7, 11) is 0. The molecule has 41 heavy (non-hydrogen) atoms. The van der Waals surface area contributed by atoms with Gasteiger partial charge in [0.2, 0.25) is 0 Å². The van der Waals surface area contributed by atoms with E-state index >= 15 is 4.39 Å². The van der Waals surface area contributed by atoms with Gasteiger partial charge in [0.25, 0.3) is 5.56 Å². The lowest BCUT2D eigenvalue weighted by Crippen LogP contribution is -2.41. The third-order valence-electron chi connectivity index (χ3n) is 8.43. The Bertz CT molecular complexity index is 1690. The van der Waals surface area contributed by atoms with Gasteiger partial charge < -0.3 is 4.74 Å². The SMILES string of the molecule is CCCc1c(Cc2ccc(-c3ccccc3C#N)c(F)c2)c(=O)n(C2CCC(CC)(OC(C)=O)CC2)c2ccnn12. The summed E-state index contributed by atoms with van der Waals surface area (Å²) in [6.07, 6.45) is 6.98. The number of nitrogens with zero attached hydrogens (tertiary/aromatic N) is 4. The highest BCUT2D eigenvalue weighted by Gasteiger charge is 2.38. The number of hydrogen-bond donors (Lipinski definition) is 0. The minimum atomic E-state index is -0.489. The van der Waals surface area contributed by atoms with Crippen molar-refractivity contribution in [3.8, 4) is 17.2 Å². The number of esters is 1. The van der Waals surface area contributed by atoms with Crippen LogP contribution in [-0.2, 0) is 22.4 Å². The summed E-state index contributed by atoms with van der Waals surface area (Å²) in [6.45, 7) is 5.54. The molecule has 0 saturated heterocycles. The van der Waals surface area contributed by atoms with Crippen LogP contribution in [0.25, 0.3) is 16.8 Å². The van der Waals surface area contributed by atoms with Crippen LogP contribution in [0.15, 0.2) is 59.5 Å². The van der Waals surface area contributed by atoms with Crippen LogP contribution >= 0.6 is 0 Å². The molecular formula is C33H35FN4O3. The molecule has 2 heterocycles. The Labute approximate surface area is 239 Å². The molecule has 0 unspecified atom stereocenters. The number of nitriles is 1. The predicted molar refractivity (Wildman–Crippen MR) is 155 cm³/mol. The highest BCUT2D eigenvalue weighted by atomic mass is 19.1. The van der Waals surface area contributed by atoms with Crippen LogP contribution in [0.4, 0.5) is 4.39 Å². The molecule has 212 valence electrons. The number of ether oxygens (including phenoxy) is 1. The average Bonchev–Trinajstić information content (AvgIpc) is 3.45. The smallest absolute Gasteiger partial charge is 0.303 e. The third-order valence-corrected chi connectivity index (χ3v) is 8.43. The third kappa shape index (κ3) is 5.41. The fourth-order valence-corrected chi connectivity index (χ4v) is 6.34. The van der Waals surface area contributed by atoms with E-state index in [0.29, 0.717) is 59.9 Å². The van der Waals surface area contributed by atoms with Crippen LogP contribution in [0.1, 0.15) is 87.7 Å².